The highest BCUT2D eigenvalue weighted by Crippen LogP contribution is 2.31. The van der Waals surface area contributed by atoms with Gasteiger partial charge in [0.05, 0.1) is 5.56 Å². The van der Waals surface area contributed by atoms with Crippen molar-refractivity contribution in [1.82, 2.24) is 0 Å². The van der Waals surface area contributed by atoms with Crippen LogP contribution in [0.5, 0.6) is 0 Å². The molecule has 0 saturated heterocycles. The van der Waals surface area contributed by atoms with Crippen LogP contribution in [0.3, 0.4) is 0 Å². The summed E-state index contributed by atoms with van der Waals surface area (Å²) in [5.74, 6) is 0.198. The van der Waals surface area contributed by atoms with E-state index >= 15 is 0 Å². The van der Waals surface area contributed by atoms with E-state index in [1.54, 1.807) is 6.07 Å². The van der Waals surface area contributed by atoms with Gasteiger partial charge in [-0.05, 0) is 37.0 Å². The lowest BCUT2D eigenvalue weighted by molar-refractivity contribution is 0.100. The van der Waals surface area contributed by atoms with Gasteiger partial charge in [-0.3, -0.25) is 4.79 Å². The van der Waals surface area contributed by atoms with Gasteiger partial charge in [-0.15, -0.1) is 0 Å². The van der Waals surface area contributed by atoms with Gasteiger partial charge >= 0.3 is 0 Å². The Hall–Kier alpha value is -1.07. The molecule has 0 spiro atoms. The predicted octanol–water partition coefficient (Wildman–Crippen LogP) is 1.70. The van der Waals surface area contributed by atoms with Crippen molar-refractivity contribution >= 4 is 27.5 Å². The fourth-order valence-electron chi connectivity index (χ4n) is 1.79. The van der Waals surface area contributed by atoms with Crippen molar-refractivity contribution in [3.8, 4) is 0 Å². The number of anilines is 1. The van der Waals surface area contributed by atoms with Gasteiger partial charge in [0.2, 0.25) is 0 Å². The molecule has 0 heterocycles. The number of nitrogens with one attached hydrogen (secondary N) is 1. The fourth-order valence-corrected chi connectivity index (χ4v) is 2.15. The third kappa shape index (κ3) is 3.20. The molecule has 5 heteroatoms. The number of carbonyl (C=O) groups excluding carboxylic acids is 1. The zero-order valence-corrected chi connectivity index (χ0v) is 11.0. The highest BCUT2D eigenvalue weighted by Gasteiger charge is 2.28. The predicted molar refractivity (Wildman–Crippen MR) is 71.8 cm³/mol. The number of amides is 1. The Morgan fingerprint density at radius 3 is 2.82 bits per heavy atom. The molecule has 0 aliphatic heterocycles. The van der Waals surface area contributed by atoms with E-state index in [1.807, 2.05) is 12.1 Å². The van der Waals surface area contributed by atoms with Gasteiger partial charge in [0.15, 0.2) is 0 Å². The Morgan fingerprint density at radius 2 is 2.24 bits per heavy atom. The van der Waals surface area contributed by atoms with Crippen LogP contribution in [0.15, 0.2) is 22.7 Å². The number of hydrogen-bond acceptors (Lipinski definition) is 3. The number of primary amides is 1. The molecule has 4 nitrogen and oxygen atoms in total. The molecule has 17 heavy (non-hydrogen) atoms. The van der Waals surface area contributed by atoms with Gasteiger partial charge in [0.25, 0.3) is 5.91 Å². The van der Waals surface area contributed by atoms with E-state index < -0.39 is 5.91 Å². The molecule has 1 amide bonds. The fraction of sp³-hybridized carbons (Fsp3) is 0.417. The molecule has 1 fully saturated rings. The van der Waals surface area contributed by atoms with Crippen LogP contribution in [0.25, 0.3) is 0 Å². The standard InChI is InChI=1S/C12H16BrN3O/c13-8-3-4-11(9(5-8)12(15)17)16-6-10(14)7-1-2-7/h3-5,7,10,16H,1-2,6,14H2,(H2,15,17). The molecule has 1 aliphatic rings. The summed E-state index contributed by atoms with van der Waals surface area (Å²) in [5, 5.41) is 3.20. The summed E-state index contributed by atoms with van der Waals surface area (Å²) in [6.07, 6.45) is 2.43. The third-order valence-electron chi connectivity index (χ3n) is 3.00. The molecular formula is C12H16BrN3O. The second-order valence-corrected chi connectivity index (χ2v) is 5.35. The summed E-state index contributed by atoms with van der Waals surface area (Å²) in [6.45, 7) is 0.673. The number of nitrogens with two attached hydrogens (primary N) is 2. The lowest BCUT2D eigenvalue weighted by Crippen LogP contribution is -2.31. The minimum atomic E-state index is -0.436. The zero-order chi connectivity index (χ0) is 12.4. The first-order valence-corrected chi connectivity index (χ1v) is 6.46. The van der Waals surface area contributed by atoms with Gasteiger partial charge in [0.1, 0.15) is 0 Å². The number of hydrogen-bond donors (Lipinski definition) is 3. The van der Waals surface area contributed by atoms with E-state index in [0.717, 1.165) is 10.2 Å². The summed E-state index contributed by atoms with van der Waals surface area (Å²) in [4.78, 5) is 11.3. The van der Waals surface area contributed by atoms with Crippen molar-refractivity contribution in [2.75, 3.05) is 11.9 Å². The first-order valence-electron chi connectivity index (χ1n) is 5.66. The molecule has 1 atom stereocenters. The molecule has 0 bridgehead atoms. The molecule has 0 radical (unpaired) electrons. The van der Waals surface area contributed by atoms with Gasteiger partial charge in [0, 0.05) is 22.7 Å². The van der Waals surface area contributed by atoms with E-state index in [4.69, 9.17) is 11.5 Å². The molecule has 0 aromatic heterocycles. The molecule has 2 rings (SSSR count). The molecule has 1 aliphatic carbocycles. The maximum atomic E-state index is 11.3. The molecular weight excluding hydrogens is 282 g/mol. The van der Waals surface area contributed by atoms with Gasteiger partial charge < -0.3 is 16.8 Å². The summed E-state index contributed by atoms with van der Waals surface area (Å²) < 4.78 is 0.836. The normalized spacial score (nSPS) is 16.6. The van der Waals surface area contributed by atoms with Gasteiger partial charge in [-0.25, -0.2) is 0 Å². The average Bonchev–Trinajstić information content (AvgIpc) is 3.10. The lowest BCUT2D eigenvalue weighted by atomic mass is 10.1. The summed E-state index contributed by atoms with van der Waals surface area (Å²) in [6, 6.07) is 5.58. The maximum absolute atomic E-state index is 11.3. The van der Waals surface area contributed by atoms with Gasteiger partial charge in [-0.2, -0.15) is 0 Å². The van der Waals surface area contributed by atoms with Crippen LogP contribution in [0.2, 0.25) is 0 Å². The maximum Gasteiger partial charge on any atom is 0.250 e. The first kappa shape index (κ1) is 12.4. The monoisotopic (exact) mass is 297 g/mol. The van der Waals surface area contributed by atoms with Crippen LogP contribution < -0.4 is 16.8 Å². The SMILES string of the molecule is NC(=O)c1cc(Br)ccc1NCC(N)C1CC1. The molecule has 1 aromatic carbocycles. The van der Waals surface area contributed by atoms with Crippen molar-refractivity contribution in [1.29, 1.82) is 0 Å². The van der Waals surface area contributed by atoms with Crippen LogP contribution in [0.1, 0.15) is 23.2 Å². The number of halogens is 1. The molecule has 5 N–H and O–H groups in total. The lowest BCUT2D eigenvalue weighted by Gasteiger charge is -2.14. The summed E-state index contributed by atoms with van der Waals surface area (Å²) in [7, 11) is 0. The van der Waals surface area contributed by atoms with Crippen molar-refractivity contribution < 1.29 is 4.79 Å². The minimum Gasteiger partial charge on any atom is -0.383 e. The Bertz CT molecular complexity index is 432. The number of carbonyl (C=O) groups is 1. The number of benzene rings is 1. The largest absolute Gasteiger partial charge is 0.383 e. The van der Waals surface area contributed by atoms with Crippen LogP contribution in [0, 0.1) is 5.92 Å². The van der Waals surface area contributed by atoms with Crippen LogP contribution in [-0.2, 0) is 0 Å². The second-order valence-electron chi connectivity index (χ2n) is 4.44. The third-order valence-corrected chi connectivity index (χ3v) is 3.50. The van der Waals surface area contributed by atoms with Crippen molar-refractivity contribution in [3.63, 3.8) is 0 Å². The molecule has 1 saturated carbocycles. The number of rotatable bonds is 5. The van der Waals surface area contributed by atoms with Crippen LogP contribution in [-0.4, -0.2) is 18.5 Å². The van der Waals surface area contributed by atoms with E-state index in [9.17, 15) is 4.79 Å². The average molecular weight is 298 g/mol. The zero-order valence-electron chi connectivity index (χ0n) is 9.45. The van der Waals surface area contributed by atoms with E-state index in [2.05, 4.69) is 21.2 Å². The highest BCUT2D eigenvalue weighted by atomic mass is 79.9. The van der Waals surface area contributed by atoms with Crippen molar-refractivity contribution in [2.24, 2.45) is 17.4 Å². The summed E-state index contributed by atoms with van der Waals surface area (Å²) >= 11 is 3.32. The quantitative estimate of drug-likeness (QED) is 0.774. The Kier molecular flexibility index (Phi) is 3.69. The minimum absolute atomic E-state index is 0.152. The van der Waals surface area contributed by atoms with E-state index in [-0.39, 0.29) is 6.04 Å². The second kappa shape index (κ2) is 5.06. The first-order chi connectivity index (χ1) is 8.08. The smallest absolute Gasteiger partial charge is 0.250 e. The van der Waals surface area contributed by atoms with Gasteiger partial charge in [-0.1, -0.05) is 15.9 Å². The Balaban J connectivity index is 2.06. The topological polar surface area (TPSA) is 81.1 Å². The van der Waals surface area contributed by atoms with Crippen LogP contribution in [0.4, 0.5) is 5.69 Å². The highest BCUT2D eigenvalue weighted by molar-refractivity contribution is 9.10. The van der Waals surface area contributed by atoms with E-state index in [1.165, 1.54) is 12.8 Å². The van der Waals surface area contributed by atoms with E-state index in [0.29, 0.717) is 18.0 Å². The van der Waals surface area contributed by atoms with Crippen LogP contribution >= 0.6 is 15.9 Å². The summed E-state index contributed by atoms with van der Waals surface area (Å²) in [5.41, 5.74) is 12.6. The molecule has 1 unspecified atom stereocenters. The molecule has 1 aromatic rings. The van der Waals surface area contributed by atoms with Crippen molar-refractivity contribution in [2.45, 2.75) is 18.9 Å². The molecule has 92 valence electrons. The Labute approximate surface area is 109 Å². The van der Waals surface area contributed by atoms with Crippen molar-refractivity contribution in [3.05, 3.63) is 28.2 Å². The Morgan fingerprint density at radius 1 is 1.53 bits per heavy atom.